The van der Waals surface area contributed by atoms with Gasteiger partial charge in [0.15, 0.2) is 0 Å². The van der Waals surface area contributed by atoms with E-state index >= 15 is 0 Å². The van der Waals surface area contributed by atoms with Gasteiger partial charge in [-0.25, -0.2) is 0 Å². The van der Waals surface area contributed by atoms with Crippen molar-refractivity contribution in [2.75, 3.05) is 0 Å². The molecule has 16 heavy (non-hydrogen) atoms. The number of aliphatic hydroxyl groups is 1. The first-order valence-electron chi connectivity index (χ1n) is 5.88. The maximum absolute atomic E-state index is 9.80. The van der Waals surface area contributed by atoms with Crippen molar-refractivity contribution in [2.24, 2.45) is 5.41 Å². The zero-order chi connectivity index (χ0) is 12.4. The Morgan fingerprint density at radius 2 is 2.12 bits per heavy atom. The summed E-state index contributed by atoms with van der Waals surface area (Å²) in [5.41, 5.74) is 1.62. The minimum Gasteiger partial charge on any atom is -0.374 e. The van der Waals surface area contributed by atoms with Crippen LogP contribution in [0, 0.1) is 17.3 Å². The van der Waals surface area contributed by atoms with Crippen LogP contribution in [0.3, 0.4) is 0 Å². The molecule has 88 valence electrons. The highest BCUT2D eigenvalue weighted by molar-refractivity contribution is 5.41. The minimum atomic E-state index is -1.08. The molecule has 0 spiro atoms. The van der Waals surface area contributed by atoms with E-state index in [1.54, 1.807) is 6.92 Å². The van der Waals surface area contributed by atoms with E-state index in [9.17, 15) is 5.11 Å². The van der Waals surface area contributed by atoms with Gasteiger partial charge in [-0.2, -0.15) is 0 Å². The summed E-state index contributed by atoms with van der Waals surface area (Å²) in [4.78, 5) is 0. The van der Waals surface area contributed by atoms with Gasteiger partial charge in [0.2, 0.25) is 0 Å². The van der Waals surface area contributed by atoms with Gasteiger partial charge in [-0.05, 0) is 44.6 Å². The average Bonchev–Trinajstić information content (AvgIpc) is 2.16. The molecule has 0 amide bonds. The summed E-state index contributed by atoms with van der Waals surface area (Å²) < 4.78 is 0. The van der Waals surface area contributed by atoms with Crippen LogP contribution in [0.15, 0.2) is 23.8 Å². The van der Waals surface area contributed by atoms with Crippen molar-refractivity contribution in [3.05, 3.63) is 23.8 Å². The highest BCUT2D eigenvalue weighted by Crippen LogP contribution is 2.39. The Hall–Kier alpha value is -1.00. The van der Waals surface area contributed by atoms with E-state index in [1.807, 2.05) is 0 Å². The smallest absolute Gasteiger partial charge is 0.141 e. The molecule has 0 saturated carbocycles. The number of hydrogen-bond acceptors (Lipinski definition) is 1. The first kappa shape index (κ1) is 13.1. The largest absolute Gasteiger partial charge is 0.374 e. The van der Waals surface area contributed by atoms with Gasteiger partial charge in [-0.3, -0.25) is 0 Å². The molecule has 1 aliphatic rings. The molecule has 0 aromatic heterocycles. The monoisotopic (exact) mass is 218 g/mol. The van der Waals surface area contributed by atoms with E-state index in [-0.39, 0.29) is 5.41 Å². The molecule has 1 unspecified atom stereocenters. The molecule has 1 aliphatic carbocycles. The molecule has 0 aliphatic heterocycles. The van der Waals surface area contributed by atoms with Gasteiger partial charge in [0, 0.05) is 5.57 Å². The molecule has 0 aromatic rings. The molecule has 0 aromatic carbocycles. The number of allylic oxidation sites excluding steroid dienone is 2. The molecule has 0 fully saturated rings. The van der Waals surface area contributed by atoms with Crippen LogP contribution in [-0.2, 0) is 0 Å². The maximum Gasteiger partial charge on any atom is 0.141 e. The van der Waals surface area contributed by atoms with Crippen LogP contribution in [-0.4, -0.2) is 10.7 Å². The second-order valence-corrected chi connectivity index (χ2v) is 5.49. The van der Waals surface area contributed by atoms with Crippen LogP contribution >= 0.6 is 0 Å². The SMILES string of the molecule is C=CC(C)(O)C#CC1=C(C)CCCC1(C)C. The van der Waals surface area contributed by atoms with Crippen molar-refractivity contribution in [1.82, 2.24) is 0 Å². The third-order valence-electron chi connectivity index (χ3n) is 3.30. The van der Waals surface area contributed by atoms with Gasteiger partial charge in [0.05, 0.1) is 0 Å². The molecule has 1 rings (SSSR count). The predicted molar refractivity (Wildman–Crippen MR) is 68.9 cm³/mol. The standard InChI is InChI=1S/C15H22O/c1-6-15(5,16)11-9-13-12(2)8-7-10-14(13,3)4/h6,16H,1,7-8,10H2,2-5H3. The molecule has 0 heterocycles. The van der Waals surface area contributed by atoms with E-state index in [2.05, 4.69) is 39.2 Å². The Kier molecular flexibility index (Phi) is 3.65. The lowest BCUT2D eigenvalue weighted by molar-refractivity contribution is 0.174. The van der Waals surface area contributed by atoms with E-state index < -0.39 is 5.60 Å². The average molecular weight is 218 g/mol. The van der Waals surface area contributed by atoms with Gasteiger partial charge in [0.1, 0.15) is 5.60 Å². The number of hydrogen-bond donors (Lipinski definition) is 1. The third kappa shape index (κ3) is 3.00. The lowest BCUT2D eigenvalue weighted by Gasteiger charge is -2.31. The van der Waals surface area contributed by atoms with Crippen molar-refractivity contribution in [2.45, 2.75) is 52.6 Å². The predicted octanol–water partition coefficient (Wildman–Crippen LogP) is 3.45. The molecule has 1 nitrogen and oxygen atoms in total. The summed E-state index contributed by atoms with van der Waals surface area (Å²) in [5.74, 6) is 6.06. The summed E-state index contributed by atoms with van der Waals surface area (Å²) in [7, 11) is 0. The second kappa shape index (κ2) is 4.47. The molecular weight excluding hydrogens is 196 g/mol. The van der Waals surface area contributed by atoms with E-state index in [4.69, 9.17) is 0 Å². The van der Waals surface area contributed by atoms with Gasteiger partial charge in [0.25, 0.3) is 0 Å². The van der Waals surface area contributed by atoms with Gasteiger partial charge >= 0.3 is 0 Å². The first-order chi connectivity index (χ1) is 7.28. The Balaban J connectivity index is 3.07. The van der Waals surface area contributed by atoms with Crippen LogP contribution in [0.2, 0.25) is 0 Å². The van der Waals surface area contributed by atoms with E-state index in [1.165, 1.54) is 30.1 Å². The summed E-state index contributed by atoms with van der Waals surface area (Å²) >= 11 is 0. The third-order valence-corrected chi connectivity index (χ3v) is 3.30. The van der Waals surface area contributed by atoms with Gasteiger partial charge < -0.3 is 5.11 Å². The molecule has 0 bridgehead atoms. The zero-order valence-corrected chi connectivity index (χ0v) is 10.9. The van der Waals surface area contributed by atoms with Crippen LogP contribution in [0.5, 0.6) is 0 Å². The normalized spacial score (nSPS) is 23.1. The van der Waals surface area contributed by atoms with Crippen molar-refractivity contribution < 1.29 is 5.11 Å². The van der Waals surface area contributed by atoms with Crippen LogP contribution in [0.25, 0.3) is 0 Å². The highest BCUT2D eigenvalue weighted by Gasteiger charge is 2.27. The fraction of sp³-hybridized carbons (Fsp3) is 0.600. The number of rotatable bonds is 1. The summed E-state index contributed by atoms with van der Waals surface area (Å²) in [6, 6.07) is 0. The fourth-order valence-corrected chi connectivity index (χ4v) is 2.14. The van der Waals surface area contributed by atoms with Crippen molar-refractivity contribution in [3.8, 4) is 11.8 Å². The quantitative estimate of drug-likeness (QED) is 0.528. The Bertz CT molecular complexity index is 372. The van der Waals surface area contributed by atoms with Crippen LogP contribution in [0.1, 0.15) is 47.0 Å². The van der Waals surface area contributed by atoms with Crippen molar-refractivity contribution in [3.63, 3.8) is 0 Å². The lowest BCUT2D eigenvalue weighted by Crippen LogP contribution is -2.21. The topological polar surface area (TPSA) is 20.2 Å². The minimum absolute atomic E-state index is 0.145. The van der Waals surface area contributed by atoms with E-state index in [0.717, 1.165) is 6.42 Å². The Morgan fingerprint density at radius 1 is 1.50 bits per heavy atom. The molecular formula is C15H22O. The molecule has 1 atom stereocenters. The van der Waals surface area contributed by atoms with Crippen molar-refractivity contribution in [1.29, 1.82) is 0 Å². The van der Waals surface area contributed by atoms with E-state index in [0.29, 0.717) is 0 Å². The zero-order valence-electron chi connectivity index (χ0n) is 10.9. The summed E-state index contributed by atoms with van der Waals surface area (Å²) in [6.07, 6.45) is 5.02. The van der Waals surface area contributed by atoms with Crippen molar-refractivity contribution >= 4 is 0 Å². The molecule has 1 heteroatoms. The summed E-state index contributed by atoms with van der Waals surface area (Å²) in [6.45, 7) is 11.8. The Morgan fingerprint density at radius 3 is 2.62 bits per heavy atom. The highest BCUT2D eigenvalue weighted by atomic mass is 16.3. The van der Waals surface area contributed by atoms with Gasteiger partial charge in [-0.15, -0.1) is 0 Å². The Labute approximate surface area is 99.3 Å². The van der Waals surface area contributed by atoms with Crippen LogP contribution < -0.4 is 0 Å². The fourth-order valence-electron chi connectivity index (χ4n) is 2.14. The lowest BCUT2D eigenvalue weighted by atomic mass is 9.73. The van der Waals surface area contributed by atoms with Gasteiger partial charge in [-0.1, -0.05) is 37.8 Å². The first-order valence-corrected chi connectivity index (χ1v) is 5.88. The molecule has 1 N–H and O–H groups in total. The summed E-state index contributed by atoms with van der Waals surface area (Å²) in [5, 5.41) is 9.80. The maximum atomic E-state index is 9.80. The second-order valence-electron chi connectivity index (χ2n) is 5.49. The molecule has 0 saturated heterocycles. The van der Waals surface area contributed by atoms with Crippen LogP contribution in [0.4, 0.5) is 0 Å². The molecule has 0 radical (unpaired) electrons.